The Balaban J connectivity index is 0.00000450. The van der Waals surface area contributed by atoms with Crippen molar-refractivity contribution in [3.63, 3.8) is 0 Å². The summed E-state index contributed by atoms with van der Waals surface area (Å²) in [5, 5.41) is 15.2. The van der Waals surface area contributed by atoms with E-state index in [4.69, 9.17) is 4.74 Å². The lowest BCUT2D eigenvalue weighted by Gasteiger charge is -2.16. The number of nitrogens with zero attached hydrogens (tertiary/aromatic N) is 1. The van der Waals surface area contributed by atoms with Gasteiger partial charge in [0.1, 0.15) is 11.5 Å². The van der Waals surface area contributed by atoms with E-state index in [0.717, 1.165) is 6.42 Å². The molecule has 2 aromatic rings. The molecule has 0 unspecified atom stereocenters. The number of hydrogen-bond donors (Lipinski definition) is 3. The Morgan fingerprint density at radius 1 is 1.13 bits per heavy atom. The molecule has 30 heavy (non-hydrogen) atoms. The lowest BCUT2D eigenvalue weighted by atomic mass is 10.2. The predicted octanol–water partition coefficient (Wildman–Crippen LogP) is 4.40. The summed E-state index contributed by atoms with van der Waals surface area (Å²) >= 11 is 0. The zero-order valence-corrected chi connectivity index (χ0v) is 19.0. The van der Waals surface area contributed by atoms with Gasteiger partial charge in [-0.3, -0.25) is 4.99 Å². The second-order valence-corrected chi connectivity index (χ2v) is 6.06. The van der Waals surface area contributed by atoms with Crippen molar-refractivity contribution in [1.29, 1.82) is 0 Å². The summed E-state index contributed by atoms with van der Waals surface area (Å²) < 4.78 is 49.0. The number of aliphatic imine (C=N–C) groups is 1. The van der Waals surface area contributed by atoms with Crippen molar-refractivity contribution in [2.24, 2.45) is 4.99 Å². The maximum absolute atomic E-state index is 13.4. The van der Waals surface area contributed by atoms with E-state index < -0.39 is 18.2 Å². The molecule has 0 aromatic heterocycles. The molecule has 0 atom stereocenters. The van der Waals surface area contributed by atoms with Crippen LogP contribution in [0, 0.1) is 5.82 Å². The third-order valence-corrected chi connectivity index (χ3v) is 3.87. The van der Waals surface area contributed by atoms with Crippen molar-refractivity contribution in [2.75, 3.05) is 13.7 Å². The lowest BCUT2D eigenvalue weighted by Crippen LogP contribution is -2.36. The van der Waals surface area contributed by atoms with Gasteiger partial charge in [-0.15, -0.1) is 24.0 Å². The molecule has 6 nitrogen and oxygen atoms in total. The van der Waals surface area contributed by atoms with Crippen molar-refractivity contribution >= 4 is 29.9 Å². The minimum absolute atomic E-state index is 0. The second kappa shape index (κ2) is 13.0. The number of halogens is 4. The molecule has 2 rings (SSSR count). The fourth-order valence-corrected chi connectivity index (χ4v) is 2.44. The van der Waals surface area contributed by atoms with Crippen molar-refractivity contribution < 1.29 is 27.8 Å². The summed E-state index contributed by atoms with van der Waals surface area (Å²) in [7, 11) is 1.55. The number of alkyl halides is 2. The van der Waals surface area contributed by atoms with E-state index in [1.165, 1.54) is 18.2 Å². The highest BCUT2D eigenvalue weighted by Crippen LogP contribution is 2.26. The number of hydrogen-bond acceptors (Lipinski definition) is 4. The van der Waals surface area contributed by atoms with Crippen LogP contribution in [0.25, 0.3) is 0 Å². The fourth-order valence-electron chi connectivity index (χ4n) is 2.44. The number of aromatic hydroxyl groups is 1. The third-order valence-electron chi connectivity index (χ3n) is 3.87. The van der Waals surface area contributed by atoms with Crippen LogP contribution >= 0.6 is 24.0 Å². The quantitative estimate of drug-likeness (QED) is 0.250. The molecule has 0 saturated heterocycles. The van der Waals surface area contributed by atoms with Crippen LogP contribution in [-0.2, 0) is 13.1 Å². The molecule has 0 heterocycles. The smallest absolute Gasteiger partial charge is 0.387 e. The number of phenolic OH excluding ortho intramolecular Hbond substituents is 1. The molecule has 0 aliphatic heterocycles. The average molecular weight is 539 g/mol. The summed E-state index contributed by atoms with van der Waals surface area (Å²) in [6.07, 6.45) is 0.793. The normalized spacial score (nSPS) is 11.1. The first-order valence-corrected chi connectivity index (χ1v) is 9.05. The zero-order chi connectivity index (χ0) is 21.2. The van der Waals surface area contributed by atoms with E-state index in [9.17, 15) is 18.3 Å². The summed E-state index contributed by atoms with van der Waals surface area (Å²) in [5.41, 5.74) is 1.09. The Bertz CT molecular complexity index is 838. The first-order chi connectivity index (χ1) is 13.9. The van der Waals surface area contributed by atoms with Crippen LogP contribution < -0.4 is 20.1 Å². The van der Waals surface area contributed by atoms with Crippen LogP contribution in [0.3, 0.4) is 0 Å². The van der Waals surface area contributed by atoms with Gasteiger partial charge in [-0.1, -0.05) is 13.0 Å². The topological polar surface area (TPSA) is 75.1 Å². The fraction of sp³-hybridized carbons (Fsp3) is 0.350. The molecule has 0 spiro atoms. The maximum atomic E-state index is 13.4. The van der Waals surface area contributed by atoms with E-state index in [0.29, 0.717) is 29.4 Å². The summed E-state index contributed by atoms with van der Waals surface area (Å²) in [4.78, 5) is 4.04. The number of rotatable bonds is 9. The Labute approximate surface area is 190 Å². The van der Waals surface area contributed by atoms with E-state index in [1.54, 1.807) is 25.2 Å². The van der Waals surface area contributed by atoms with Gasteiger partial charge < -0.3 is 25.2 Å². The monoisotopic (exact) mass is 539 g/mol. The molecule has 0 radical (unpaired) electrons. The Hall–Kier alpha value is -2.37. The predicted molar refractivity (Wildman–Crippen MR) is 119 cm³/mol. The minimum Gasteiger partial charge on any atom is -0.505 e. The highest BCUT2D eigenvalue weighted by Gasteiger charge is 2.12. The van der Waals surface area contributed by atoms with Crippen molar-refractivity contribution in [3.05, 3.63) is 53.3 Å². The molecule has 3 N–H and O–H groups in total. The van der Waals surface area contributed by atoms with E-state index in [1.807, 2.05) is 6.92 Å². The van der Waals surface area contributed by atoms with Gasteiger partial charge in [0.15, 0.2) is 17.5 Å². The molecule has 166 valence electrons. The Kier molecular flexibility index (Phi) is 11.2. The first kappa shape index (κ1) is 25.7. The minimum atomic E-state index is -2.96. The Morgan fingerprint density at radius 2 is 1.87 bits per heavy atom. The van der Waals surface area contributed by atoms with E-state index >= 15 is 0 Å². The van der Waals surface area contributed by atoms with Gasteiger partial charge in [-0.25, -0.2) is 4.39 Å². The van der Waals surface area contributed by atoms with Gasteiger partial charge in [0, 0.05) is 31.8 Å². The Morgan fingerprint density at radius 3 is 2.50 bits per heavy atom. The number of nitrogens with one attached hydrogen (secondary N) is 2. The molecule has 0 fully saturated rings. The number of phenols is 1. The van der Waals surface area contributed by atoms with Crippen LogP contribution in [0.2, 0.25) is 0 Å². The molecule has 0 amide bonds. The first-order valence-electron chi connectivity index (χ1n) is 9.05. The number of guanidine groups is 1. The van der Waals surface area contributed by atoms with Gasteiger partial charge in [0.05, 0.1) is 6.61 Å². The van der Waals surface area contributed by atoms with Crippen LogP contribution in [-0.4, -0.2) is 31.3 Å². The van der Waals surface area contributed by atoms with E-state index in [-0.39, 0.29) is 42.8 Å². The third kappa shape index (κ3) is 8.17. The van der Waals surface area contributed by atoms with Gasteiger partial charge in [-0.05, 0) is 36.2 Å². The van der Waals surface area contributed by atoms with Crippen molar-refractivity contribution in [1.82, 2.24) is 10.6 Å². The number of benzene rings is 2. The van der Waals surface area contributed by atoms with Crippen molar-refractivity contribution in [2.45, 2.75) is 33.0 Å². The second-order valence-electron chi connectivity index (χ2n) is 6.06. The van der Waals surface area contributed by atoms with Crippen molar-refractivity contribution in [3.8, 4) is 17.2 Å². The van der Waals surface area contributed by atoms with Crippen LogP contribution in [0.1, 0.15) is 24.5 Å². The van der Waals surface area contributed by atoms with Gasteiger partial charge in [0.25, 0.3) is 0 Å². The van der Waals surface area contributed by atoms with Crippen LogP contribution in [0.4, 0.5) is 13.2 Å². The lowest BCUT2D eigenvalue weighted by molar-refractivity contribution is -0.0505. The van der Waals surface area contributed by atoms with Gasteiger partial charge in [0.2, 0.25) is 0 Å². The maximum Gasteiger partial charge on any atom is 0.387 e. The molecular formula is C20H25F3IN3O3. The number of ether oxygens (including phenoxy) is 2. The van der Waals surface area contributed by atoms with Crippen LogP contribution in [0.15, 0.2) is 41.4 Å². The SMILES string of the molecule is CCCOc1ccc(CNC(=NC)NCc2ccc(O)c(F)c2)c(OC(F)F)c1.I. The molecule has 2 aromatic carbocycles. The molecule has 0 aliphatic carbocycles. The summed E-state index contributed by atoms with van der Waals surface area (Å²) in [6.45, 7) is -0.127. The zero-order valence-electron chi connectivity index (χ0n) is 16.6. The van der Waals surface area contributed by atoms with Crippen LogP contribution in [0.5, 0.6) is 17.2 Å². The molecule has 10 heteroatoms. The molecule has 0 aliphatic rings. The molecular weight excluding hydrogens is 514 g/mol. The summed E-state index contributed by atoms with van der Waals surface area (Å²) in [5.74, 6) is -0.298. The average Bonchev–Trinajstić information content (AvgIpc) is 2.69. The molecule has 0 saturated carbocycles. The van der Waals surface area contributed by atoms with E-state index in [2.05, 4.69) is 20.4 Å². The molecule has 0 bridgehead atoms. The summed E-state index contributed by atoms with van der Waals surface area (Å²) in [6, 6.07) is 8.78. The highest BCUT2D eigenvalue weighted by molar-refractivity contribution is 14.0. The largest absolute Gasteiger partial charge is 0.505 e. The van der Waals surface area contributed by atoms with Gasteiger partial charge >= 0.3 is 6.61 Å². The standard InChI is InChI=1S/C20H24F3N3O3.HI/c1-3-8-28-15-6-5-14(18(10-15)29-19(22)23)12-26-20(24-2)25-11-13-4-7-17(27)16(21)9-13;/h4-7,9-10,19,27H,3,8,11-12H2,1-2H3,(H2,24,25,26);1H. The highest BCUT2D eigenvalue weighted by atomic mass is 127. The van der Waals surface area contributed by atoms with Gasteiger partial charge in [-0.2, -0.15) is 8.78 Å².